The summed E-state index contributed by atoms with van der Waals surface area (Å²) in [7, 11) is 0. The molecule has 0 aliphatic heterocycles. The second-order valence-electron chi connectivity index (χ2n) is 4.55. The SMILES string of the molecule is Fc1ccc(Cl)c(-c2ccc(CNC3CC3)o2)c1. The fourth-order valence-corrected chi connectivity index (χ4v) is 2.05. The van der Waals surface area contributed by atoms with Gasteiger partial charge in [0.2, 0.25) is 0 Å². The first-order valence-corrected chi connectivity index (χ1v) is 6.38. The summed E-state index contributed by atoms with van der Waals surface area (Å²) in [5, 5.41) is 3.86. The van der Waals surface area contributed by atoms with Crippen LogP contribution in [0.25, 0.3) is 11.3 Å². The van der Waals surface area contributed by atoms with Crippen molar-refractivity contribution < 1.29 is 8.81 Å². The second-order valence-corrected chi connectivity index (χ2v) is 4.95. The highest BCUT2D eigenvalue weighted by Gasteiger charge is 2.20. The van der Waals surface area contributed by atoms with Gasteiger partial charge >= 0.3 is 0 Å². The van der Waals surface area contributed by atoms with Crippen molar-refractivity contribution in [1.82, 2.24) is 5.32 Å². The monoisotopic (exact) mass is 265 g/mol. The van der Waals surface area contributed by atoms with E-state index in [2.05, 4.69) is 5.32 Å². The van der Waals surface area contributed by atoms with E-state index >= 15 is 0 Å². The predicted molar refractivity (Wildman–Crippen MR) is 69.0 cm³/mol. The molecule has 3 rings (SSSR count). The Morgan fingerprint density at radius 3 is 2.89 bits per heavy atom. The fourth-order valence-electron chi connectivity index (χ4n) is 1.84. The van der Waals surface area contributed by atoms with Crippen LogP contribution in [0.3, 0.4) is 0 Å². The normalized spacial score (nSPS) is 15.0. The molecule has 2 aromatic rings. The molecule has 1 aromatic heterocycles. The van der Waals surface area contributed by atoms with Crippen LogP contribution in [0.2, 0.25) is 5.02 Å². The van der Waals surface area contributed by atoms with Crippen LogP contribution in [0, 0.1) is 5.82 Å². The van der Waals surface area contributed by atoms with Crippen LogP contribution in [0.1, 0.15) is 18.6 Å². The van der Waals surface area contributed by atoms with Crippen LogP contribution in [0.5, 0.6) is 0 Å². The Balaban J connectivity index is 1.80. The smallest absolute Gasteiger partial charge is 0.135 e. The van der Waals surface area contributed by atoms with Gasteiger partial charge in [0.25, 0.3) is 0 Å². The number of hydrogen-bond acceptors (Lipinski definition) is 2. The van der Waals surface area contributed by atoms with Crippen LogP contribution in [0.15, 0.2) is 34.7 Å². The molecule has 1 fully saturated rings. The van der Waals surface area contributed by atoms with Gasteiger partial charge in [-0.2, -0.15) is 0 Å². The minimum absolute atomic E-state index is 0.316. The van der Waals surface area contributed by atoms with E-state index in [1.54, 1.807) is 0 Å². The van der Waals surface area contributed by atoms with Gasteiger partial charge < -0.3 is 9.73 Å². The largest absolute Gasteiger partial charge is 0.460 e. The summed E-state index contributed by atoms with van der Waals surface area (Å²) in [5.74, 6) is 1.13. The van der Waals surface area contributed by atoms with E-state index in [9.17, 15) is 4.39 Å². The molecule has 0 bridgehead atoms. The highest BCUT2D eigenvalue weighted by Crippen LogP contribution is 2.30. The second kappa shape index (κ2) is 4.75. The van der Waals surface area contributed by atoms with Crippen molar-refractivity contribution in [2.45, 2.75) is 25.4 Å². The maximum atomic E-state index is 13.2. The highest BCUT2D eigenvalue weighted by atomic mass is 35.5. The molecule has 0 spiro atoms. The molecule has 4 heteroatoms. The summed E-state index contributed by atoms with van der Waals surface area (Å²) in [4.78, 5) is 0. The van der Waals surface area contributed by atoms with Crippen molar-refractivity contribution in [1.29, 1.82) is 0 Å². The lowest BCUT2D eigenvalue weighted by Gasteiger charge is -2.02. The lowest BCUT2D eigenvalue weighted by Crippen LogP contribution is -2.14. The molecule has 1 aromatic carbocycles. The molecule has 0 radical (unpaired) electrons. The Labute approximate surface area is 110 Å². The van der Waals surface area contributed by atoms with Crippen molar-refractivity contribution in [2.24, 2.45) is 0 Å². The molecule has 1 heterocycles. The predicted octanol–water partition coefficient (Wildman–Crippen LogP) is 3.99. The number of rotatable bonds is 4. The van der Waals surface area contributed by atoms with Crippen LogP contribution in [-0.4, -0.2) is 6.04 Å². The van der Waals surface area contributed by atoms with Gasteiger partial charge in [-0.3, -0.25) is 0 Å². The summed E-state index contributed by atoms with van der Waals surface area (Å²) >= 11 is 6.04. The van der Waals surface area contributed by atoms with Crippen molar-refractivity contribution in [3.8, 4) is 11.3 Å². The van der Waals surface area contributed by atoms with Crippen molar-refractivity contribution in [2.75, 3.05) is 0 Å². The van der Waals surface area contributed by atoms with E-state index in [-0.39, 0.29) is 5.82 Å². The maximum Gasteiger partial charge on any atom is 0.135 e. The lowest BCUT2D eigenvalue weighted by atomic mass is 10.2. The molecule has 0 amide bonds. The Hall–Kier alpha value is -1.32. The van der Waals surface area contributed by atoms with Gasteiger partial charge in [0.05, 0.1) is 11.6 Å². The van der Waals surface area contributed by atoms with Crippen molar-refractivity contribution in [3.63, 3.8) is 0 Å². The van der Waals surface area contributed by atoms with Gasteiger partial charge in [-0.15, -0.1) is 0 Å². The first kappa shape index (κ1) is 11.8. The molecular formula is C14H13ClFNO. The number of nitrogens with one attached hydrogen (secondary N) is 1. The fraction of sp³-hybridized carbons (Fsp3) is 0.286. The van der Waals surface area contributed by atoms with Crippen molar-refractivity contribution >= 4 is 11.6 Å². The van der Waals surface area contributed by atoms with E-state index in [0.717, 1.165) is 5.76 Å². The first-order valence-electron chi connectivity index (χ1n) is 6.00. The zero-order valence-electron chi connectivity index (χ0n) is 9.75. The van der Waals surface area contributed by atoms with Gasteiger partial charge in [-0.05, 0) is 43.2 Å². The molecule has 1 aliphatic carbocycles. The molecule has 0 unspecified atom stereocenters. The van der Waals surface area contributed by atoms with Crippen molar-refractivity contribution in [3.05, 3.63) is 46.9 Å². The molecule has 0 atom stereocenters. The molecule has 1 N–H and O–H groups in total. The summed E-state index contributed by atoms with van der Waals surface area (Å²) in [6.07, 6.45) is 2.48. The first-order chi connectivity index (χ1) is 8.72. The summed E-state index contributed by atoms with van der Waals surface area (Å²) in [5.41, 5.74) is 0.592. The van der Waals surface area contributed by atoms with Gasteiger partial charge in [-0.1, -0.05) is 11.6 Å². The van der Waals surface area contributed by atoms with E-state index in [1.165, 1.54) is 31.0 Å². The molecule has 0 saturated heterocycles. The summed E-state index contributed by atoms with van der Waals surface area (Å²) in [6.45, 7) is 0.706. The number of benzene rings is 1. The van der Waals surface area contributed by atoms with Gasteiger partial charge in [0, 0.05) is 11.6 Å². The van der Waals surface area contributed by atoms with E-state index in [1.807, 2.05) is 12.1 Å². The summed E-state index contributed by atoms with van der Waals surface area (Å²) < 4.78 is 18.9. The number of hydrogen-bond donors (Lipinski definition) is 1. The lowest BCUT2D eigenvalue weighted by molar-refractivity contribution is 0.492. The van der Waals surface area contributed by atoms with E-state index < -0.39 is 0 Å². The third-order valence-electron chi connectivity index (χ3n) is 3.00. The zero-order valence-corrected chi connectivity index (χ0v) is 10.5. The molecule has 1 saturated carbocycles. The minimum Gasteiger partial charge on any atom is -0.460 e. The van der Waals surface area contributed by atoms with Crippen LogP contribution in [0.4, 0.5) is 4.39 Å². The van der Waals surface area contributed by atoms with Crippen LogP contribution < -0.4 is 5.32 Å². The number of furan rings is 1. The van der Waals surface area contributed by atoms with Crippen LogP contribution >= 0.6 is 11.6 Å². The maximum absolute atomic E-state index is 13.2. The quantitative estimate of drug-likeness (QED) is 0.904. The van der Waals surface area contributed by atoms with E-state index in [4.69, 9.17) is 16.0 Å². The molecular weight excluding hydrogens is 253 g/mol. The highest BCUT2D eigenvalue weighted by molar-refractivity contribution is 6.33. The minimum atomic E-state index is -0.316. The summed E-state index contributed by atoms with van der Waals surface area (Å²) in [6, 6.07) is 8.62. The number of halogens is 2. The molecule has 18 heavy (non-hydrogen) atoms. The van der Waals surface area contributed by atoms with Gasteiger partial charge in [-0.25, -0.2) is 4.39 Å². The Morgan fingerprint density at radius 2 is 2.11 bits per heavy atom. The van der Waals surface area contributed by atoms with Crippen LogP contribution in [-0.2, 0) is 6.54 Å². The Kier molecular flexibility index (Phi) is 3.10. The average molecular weight is 266 g/mol. The molecule has 1 aliphatic rings. The third kappa shape index (κ3) is 2.57. The zero-order chi connectivity index (χ0) is 12.5. The molecule has 2 nitrogen and oxygen atoms in total. The van der Waals surface area contributed by atoms with Gasteiger partial charge in [0.15, 0.2) is 0 Å². The third-order valence-corrected chi connectivity index (χ3v) is 3.33. The van der Waals surface area contributed by atoms with E-state index in [0.29, 0.717) is 28.9 Å². The Bertz CT molecular complexity index is 563. The molecule has 94 valence electrons. The topological polar surface area (TPSA) is 25.2 Å². The standard InChI is InChI=1S/C14H13ClFNO/c15-13-5-1-9(16)7-12(13)14-6-4-11(18-14)8-17-10-2-3-10/h1,4-7,10,17H,2-3,8H2. The average Bonchev–Trinajstić information content (AvgIpc) is 3.08. The Morgan fingerprint density at radius 1 is 1.28 bits per heavy atom. The van der Waals surface area contributed by atoms with Gasteiger partial charge in [0.1, 0.15) is 17.3 Å².